The normalized spacial score (nSPS) is 10.9. The third kappa shape index (κ3) is 5.06. The van der Waals surface area contributed by atoms with Crippen LogP contribution < -0.4 is 21.9 Å². The molecule has 3 N–H and O–H groups in total. The molecule has 0 unspecified atom stereocenters. The largest absolute Gasteiger partial charge is 0.383 e. The van der Waals surface area contributed by atoms with E-state index >= 15 is 0 Å². The highest BCUT2D eigenvalue weighted by atomic mass is 32.1. The Hall–Kier alpha value is -3.31. The summed E-state index contributed by atoms with van der Waals surface area (Å²) in [4.78, 5) is 49.9. The van der Waals surface area contributed by atoms with Gasteiger partial charge in [-0.15, -0.1) is 11.3 Å². The quantitative estimate of drug-likeness (QED) is 0.507. The Balaban J connectivity index is 1.92. The van der Waals surface area contributed by atoms with E-state index in [9.17, 15) is 14.4 Å². The van der Waals surface area contributed by atoms with Gasteiger partial charge in [-0.1, -0.05) is 6.92 Å². The Kier molecular flexibility index (Phi) is 7.32. The molecule has 0 saturated heterocycles. The molecule has 11 heteroatoms. The molecule has 0 saturated carbocycles. The Labute approximate surface area is 182 Å². The van der Waals surface area contributed by atoms with Crippen molar-refractivity contribution in [3.8, 4) is 10.6 Å². The molecule has 0 bridgehead atoms. The molecule has 0 aliphatic heterocycles. The number of nitrogens with one attached hydrogen (secondary N) is 1. The van der Waals surface area contributed by atoms with Gasteiger partial charge in [0.15, 0.2) is 5.69 Å². The van der Waals surface area contributed by atoms with E-state index in [2.05, 4.69) is 15.0 Å². The molecule has 0 fully saturated rings. The molecule has 10 nitrogen and oxygen atoms in total. The molecule has 0 atom stereocenters. The number of rotatable bonds is 9. The highest BCUT2D eigenvalue weighted by Crippen LogP contribution is 2.24. The highest BCUT2D eigenvalue weighted by Gasteiger charge is 2.25. The molecular formula is C20H24N6O4S. The average molecular weight is 445 g/mol. The fourth-order valence-corrected chi connectivity index (χ4v) is 3.90. The summed E-state index contributed by atoms with van der Waals surface area (Å²) in [6, 6.07) is 3.70. The second kappa shape index (κ2) is 10.1. The number of methoxy groups -OCH3 is 1. The van der Waals surface area contributed by atoms with Gasteiger partial charge < -0.3 is 15.4 Å². The first-order valence-corrected chi connectivity index (χ1v) is 10.6. The summed E-state index contributed by atoms with van der Waals surface area (Å²) >= 11 is 1.40. The van der Waals surface area contributed by atoms with E-state index in [4.69, 9.17) is 10.5 Å². The van der Waals surface area contributed by atoms with Crippen molar-refractivity contribution in [3.05, 3.63) is 56.4 Å². The molecule has 3 aromatic rings. The van der Waals surface area contributed by atoms with Crippen molar-refractivity contribution >= 4 is 28.7 Å². The maximum atomic E-state index is 13.2. The molecule has 3 heterocycles. The lowest BCUT2D eigenvalue weighted by molar-refractivity contribution is -0.118. The minimum Gasteiger partial charge on any atom is -0.383 e. The Morgan fingerprint density at radius 3 is 2.87 bits per heavy atom. The number of nitrogen functional groups attached to an aromatic ring is 1. The molecule has 0 aliphatic carbocycles. The van der Waals surface area contributed by atoms with Gasteiger partial charge in [-0.2, -0.15) is 0 Å². The highest BCUT2D eigenvalue weighted by molar-refractivity contribution is 7.13. The van der Waals surface area contributed by atoms with Crippen LogP contribution in [0.25, 0.3) is 10.6 Å². The van der Waals surface area contributed by atoms with Gasteiger partial charge in [0.2, 0.25) is 5.91 Å². The molecular weight excluding hydrogens is 420 g/mol. The predicted molar refractivity (Wildman–Crippen MR) is 119 cm³/mol. The number of aromatic amines is 1. The van der Waals surface area contributed by atoms with Gasteiger partial charge in [0.05, 0.1) is 18.7 Å². The van der Waals surface area contributed by atoms with Gasteiger partial charge in [-0.05, 0) is 18.6 Å². The van der Waals surface area contributed by atoms with Gasteiger partial charge in [0, 0.05) is 43.5 Å². The maximum absolute atomic E-state index is 13.2. The fourth-order valence-electron chi connectivity index (χ4n) is 3.09. The van der Waals surface area contributed by atoms with Crippen molar-refractivity contribution in [2.45, 2.75) is 26.3 Å². The van der Waals surface area contributed by atoms with Crippen LogP contribution in [0.5, 0.6) is 0 Å². The Morgan fingerprint density at radius 2 is 2.19 bits per heavy atom. The topological polar surface area (TPSA) is 136 Å². The number of amides is 1. The molecule has 164 valence electrons. The van der Waals surface area contributed by atoms with Crippen molar-refractivity contribution in [1.29, 1.82) is 0 Å². The number of pyridine rings is 1. The van der Waals surface area contributed by atoms with Crippen LogP contribution in [0.4, 0.5) is 11.5 Å². The first-order chi connectivity index (χ1) is 15.0. The van der Waals surface area contributed by atoms with Crippen molar-refractivity contribution in [2.75, 3.05) is 30.9 Å². The monoisotopic (exact) mass is 444 g/mol. The Bertz CT molecular complexity index is 1150. The van der Waals surface area contributed by atoms with Gasteiger partial charge in [-0.3, -0.25) is 24.1 Å². The van der Waals surface area contributed by atoms with Gasteiger partial charge >= 0.3 is 5.69 Å². The van der Waals surface area contributed by atoms with Crippen molar-refractivity contribution in [2.24, 2.45) is 0 Å². The number of carbonyl (C=O) groups excluding carboxylic acids is 1. The summed E-state index contributed by atoms with van der Waals surface area (Å²) in [7, 11) is 1.49. The second-order valence-corrected chi connectivity index (χ2v) is 7.60. The van der Waals surface area contributed by atoms with E-state index in [0.29, 0.717) is 18.7 Å². The third-order valence-corrected chi connectivity index (χ3v) is 5.48. The number of nitrogens with two attached hydrogens (primary N) is 1. The molecule has 0 radical (unpaired) electrons. The van der Waals surface area contributed by atoms with Crippen LogP contribution in [-0.4, -0.2) is 45.7 Å². The summed E-state index contributed by atoms with van der Waals surface area (Å²) in [5.41, 5.74) is 6.19. The zero-order chi connectivity index (χ0) is 22.4. The lowest BCUT2D eigenvalue weighted by atomic mass is 10.2. The van der Waals surface area contributed by atoms with Crippen LogP contribution in [0.3, 0.4) is 0 Å². The fraction of sp³-hybridized carbons (Fsp3) is 0.350. The van der Waals surface area contributed by atoms with E-state index in [1.807, 2.05) is 19.1 Å². The number of ether oxygens (including phenoxy) is 1. The number of thiazole rings is 1. The molecule has 0 spiro atoms. The average Bonchev–Trinajstić information content (AvgIpc) is 3.22. The number of nitrogens with zero attached hydrogens (tertiary/aromatic N) is 4. The second-order valence-electron chi connectivity index (χ2n) is 6.75. The molecule has 0 aliphatic rings. The van der Waals surface area contributed by atoms with Crippen LogP contribution in [0.2, 0.25) is 0 Å². The lowest BCUT2D eigenvalue weighted by Gasteiger charge is -2.24. The summed E-state index contributed by atoms with van der Waals surface area (Å²) in [6.45, 7) is 2.50. The van der Waals surface area contributed by atoms with Gasteiger partial charge in [-0.25, -0.2) is 9.78 Å². The zero-order valence-electron chi connectivity index (χ0n) is 17.3. The first-order valence-electron chi connectivity index (χ1n) is 9.73. The van der Waals surface area contributed by atoms with Crippen molar-refractivity contribution < 1.29 is 9.53 Å². The lowest BCUT2D eigenvalue weighted by Crippen LogP contribution is -2.43. The van der Waals surface area contributed by atoms with E-state index in [1.165, 1.54) is 27.9 Å². The summed E-state index contributed by atoms with van der Waals surface area (Å²) < 4.78 is 6.36. The van der Waals surface area contributed by atoms with Crippen LogP contribution in [0.15, 0.2) is 39.5 Å². The molecule has 31 heavy (non-hydrogen) atoms. The standard InChI is InChI=1S/C20H24N6O4S/c1-3-7-26-17(21)16(18(28)24-20(26)29)25(8-9-30-2)15(27)10-14-12-31-19(23-14)13-5-4-6-22-11-13/h4-6,11-12H,3,7-10,21H2,1-2H3,(H,24,28,29). The van der Waals surface area contributed by atoms with Crippen molar-refractivity contribution in [3.63, 3.8) is 0 Å². The first kappa shape index (κ1) is 22.4. The Morgan fingerprint density at radius 1 is 1.39 bits per heavy atom. The van der Waals surface area contributed by atoms with E-state index in [0.717, 1.165) is 10.6 Å². The minimum absolute atomic E-state index is 0.0355. The van der Waals surface area contributed by atoms with E-state index < -0.39 is 11.2 Å². The van der Waals surface area contributed by atoms with E-state index in [-0.39, 0.29) is 37.0 Å². The van der Waals surface area contributed by atoms with Gasteiger partial charge in [0.1, 0.15) is 10.8 Å². The van der Waals surface area contributed by atoms with Crippen LogP contribution in [-0.2, 0) is 22.5 Å². The van der Waals surface area contributed by atoms with Crippen LogP contribution >= 0.6 is 11.3 Å². The number of H-pyrrole nitrogens is 1. The third-order valence-electron chi connectivity index (χ3n) is 4.54. The van der Waals surface area contributed by atoms with E-state index in [1.54, 1.807) is 17.8 Å². The summed E-state index contributed by atoms with van der Waals surface area (Å²) in [5.74, 6) is -0.423. The smallest absolute Gasteiger partial charge is 0.330 e. The summed E-state index contributed by atoms with van der Waals surface area (Å²) in [6.07, 6.45) is 3.98. The zero-order valence-corrected chi connectivity index (χ0v) is 18.1. The predicted octanol–water partition coefficient (Wildman–Crippen LogP) is 1.27. The number of anilines is 2. The SMILES string of the molecule is CCCn1c(N)c(N(CCOC)C(=O)Cc2csc(-c3cccnc3)n2)c(=O)[nH]c1=O. The number of carbonyl (C=O) groups is 1. The van der Waals surface area contributed by atoms with Gasteiger partial charge in [0.25, 0.3) is 5.56 Å². The summed E-state index contributed by atoms with van der Waals surface area (Å²) in [5, 5.41) is 2.54. The maximum Gasteiger partial charge on any atom is 0.330 e. The molecule has 3 aromatic heterocycles. The number of hydrogen-bond acceptors (Lipinski definition) is 8. The number of aromatic nitrogens is 4. The minimum atomic E-state index is -0.714. The van der Waals surface area contributed by atoms with Crippen LogP contribution in [0, 0.1) is 0 Å². The number of hydrogen-bond donors (Lipinski definition) is 2. The molecule has 1 amide bonds. The van der Waals surface area contributed by atoms with Crippen LogP contribution in [0.1, 0.15) is 19.0 Å². The molecule has 3 rings (SSSR count). The van der Waals surface area contributed by atoms with Crippen molar-refractivity contribution in [1.82, 2.24) is 19.5 Å². The molecule has 0 aromatic carbocycles.